The Bertz CT molecular complexity index is 1660. The number of para-hydroxylation sites is 1. The van der Waals surface area contributed by atoms with E-state index in [4.69, 9.17) is 14.6 Å². The van der Waals surface area contributed by atoms with Gasteiger partial charge in [0.2, 0.25) is 0 Å². The predicted octanol–water partition coefficient (Wildman–Crippen LogP) is 6.52. The van der Waals surface area contributed by atoms with E-state index in [1.807, 2.05) is 115 Å². The summed E-state index contributed by atoms with van der Waals surface area (Å²) in [7, 11) is 1.61. The van der Waals surface area contributed by atoms with Crippen LogP contribution in [-0.4, -0.2) is 39.0 Å². The number of carbonyl (C=O) groups excluding carboxylic acids is 1. The van der Waals surface area contributed by atoms with E-state index >= 15 is 0 Å². The minimum atomic E-state index is -0.392. The average Bonchev–Trinajstić information content (AvgIpc) is 3.54. The van der Waals surface area contributed by atoms with Gasteiger partial charge in [-0.2, -0.15) is 5.10 Å². The number of amides is 2. The Morgan fingerprint density at radius 2 is 1.77 bits per heavy atom. The second-order valence-electron chi connectivity index (χ2n) is 9.64. The molecule has 5 aromatic rings. The van der Waals surface area contributed by atoms with Crippen molar-refractivity contribution >= 4 is 11.7 Å². The second kappa shape index (κ2) is 10.6. The number of aryl methyl sites for hydroxylation is 1. The van der Waals surface area contributed by atoms with Gasteiger partial charge >= 0.3 is 6.03 Å². The highest BCUT2D eigenvalue weighted by molar-refractivity contribution is 5.90. The minimum Gasteiger partial charge on any atom is -0.497 e. The monoisotopic (exact) mass is 533 g/mol. The molecule has 0 fully saturated rings. The number of methoxy groups -OCH3 is 1. The lowest BCUT2D eigenvalue weighted by Gasteiger charge is -2.31. The van der Waals surface area contributed by atoms with Gasteiger partial charge in [-0.3, -0.25) is 0 Å². The Hall–Kier alpha value is -4.98. The maximum absolute atomic E-state index is 14.2. The number of urea groups is 1. The van der Waals surface area contributed by atoms with Gasteiger partial charge in [0, 0.05) is 23.5 Å². The summed E-state index contributed by atoms with van der Waals surface area (Å²) < 4.78 is 15.3. The third kappa shape index (κ3) is 4.58. The molecule has 0 spiro atoms. The van der Waals surface area contributed by atoms with Crippen molar-refractivity contribution in [2.75, 3.05) is 19.0 Å². The van der Waals surface area contributed by atoms with Crippen LogP contribution in [0.15, 0.2) is 97.2 Å². The first-order valence-corrected chi connectivity index (χ1v) is 13.3. The molecule has 1 aliphatic heterocycles. The Kier molecular flexibility index (Phi) is 6.74. The summed E-state index contributed by atoms with van der Waals surface area (Å²) in [5.41, 5.74) is 5.35. The highest BCUT2D eigenvalue weighted by atomic mass is 16.5. The number of fused-ring (bicyclic) bond motifs is 3. The summed E-state index contributed by atoms with van der Waals surface area (Å²) in [6.07, 6.45) is 2.04. The van der Waals surface area contributed by atoms with E-state index in [2.05, 4.69) is 16.0 Å². The molecule has 1 aliphatic rings. The highest BCUT2D eigenvalue weighted by Crippen LogP contribution is 2.39. The van der Waals surface area contributed by atoms with Crippen LogP contribution in [0.4, 0.5) is 10.5 Å². The Balaban J connectivity index is 1.52. The topological polar surface area (TPSA) is 73.5 Å². The van der Waals surface area contributed by atoms with E-state index in [1.165, 1.54) is 0 Å². The number of benzene rings is 3. The maximum atomic E-state index is 14.2. The van der Waals surface area contributed by atoms with E-state index in [0.29, 0.717) is 24.6 Å². The van der Waals surface area contributed by atoms with E-state index < -0.39 is 6.04 Å². The number of nitrogens with one attached hydrogen (secondary N) is 1. The molecule has 2 amide bonds. The first-order valence-electron chi connectivity index (χ1n) is 13.3. The summed E-state index contributed by atoms with van der Waals surface area (Å²) in [6, 6.07) is 28.9. The number of nitrogens with zero attached hydrogens (tertiary/aromatic N) is 4. The van der Waals surface area contributed by atoms with Crippen molar-refractivity contribution in [3.63, 3.8) is 0 Å². The molecule has 202 valence electrons. The molecular weight excluding hydrogens is 502 g/mol. The van der Waals surface area contributed by atoms with E-state index in [9.17, 15) is 4.79 Å². The zero-order chi connectivity index (χ0) is 27.6. The average molecular weight is 534 g/mol. The molecule has 8 nitrogen and oxygen atoms in total. The van der Waals surface area contributed by atoms with Gasteiger partial charge in [0.15, 0.2) is 0 Å². The summed E-state index contributed by atoms with van der Waals surface area (Å²) in [5, 5.41) is 8.02. The summed E-state index contributed by atoms with van der Waals surface area (Å²) >= 11 is 0. The zero-order valence-electron chi connectivity index (χ0n) is 22.7. The van der Waals surface area contributed by atoms with Crippen LogP contribution < -0.4 is 14.8 Å². The van der Waals surface area contributed by atoms with Crippen LogP contribution >= 0.6 is 0 Å². The number of rotatable bonds is 6. The van der Waals surface area contributed by atoms with Crippen LogP contribution in [0.25, 0.3) is 11.5 Å². The number of carbonyl (C=O) groups is 1. The molecule has 3 heterocycles. The lowest BCUT2D eigenvalue weighted by Crippen LogP contribution is -2.38. The smallest absolute Gasteiger partial charge is 0.322 e. The van der Waals surface area contributed by atoms with Gasteiger partial charge < -0.3 is 24.3 Å². The molecule has 0 aliphatic carbocycles. The van der Waals surface area contributed by atoms with Crippen molar-refractivity contribution in [2.45, 2.75) is 26.4 Å². The zero-order valence-corrected chi connectivity index (χ0v) is 22.7. The fourth-order valence-electron chi connectivity index (χ4n) is 5.34. The highest BCUT2D eigenvalue weighted by Gasteiger charge is 2.36. The SMILES string of the molecule is CCOc1cccc([C@@H]2c3cccn3-c3c(c(C)nn3-c3ccccc3)CN2C(=O)Nc2cccc(OC)c2)c1. The third-order valence-corrected chi connectivity index (χ3v) is 7.15. The molecule has 3 aromatic carbocycles. The molecule has 1 atom stereocenters. The normalized spacial score (nSPS) is 14.2. The molecule has 1 N–H and O–H groups in total. The molecule has 40 heavy (non-hydrogen) atoms. The molecular formula is C32H31N5O3. The lowest BCUT2D eigenvalue weighted by atomic mass is 10.0. The van der Waals surface area contributed by atoms with E-state index in [-0.39, 0.29) is 6.03 Å². The molecule has 6 rings (SSSR count). The van der Waals surface area contributed by atoms with Crippen LogP contribution in [-0.2, 0) is 6.54 Å². The lowest BCUT2D eigenvalue weighted by molar-refractivity contribution is 0.194. The standard InChI is InChI=1S/C32H31N5O3/c1-4-40-27-16-8-11-23(19-27)30-29-17-10-18-35(29)31-28(22(2)34-37(31)25-13-6-5-7-14-25)21-36(30)32(38)33-24-12-9-15-26(20-24)39-3/h5-20,30H,4,21H2,1-3H3,(H,33,38)/t30-/m1/s1. The van der Waals surface area contributed by atoms with Gasteiger partial charge in [-0.15, -0.1) is 0 Å². The van der Waals surface area contributed by atoms with Crippen LogP contribution in [0.3, 0.4) is 0 Å². The maximum Gasteiger partial charge on any atom is 0.322 e. The fourth-order valence-corrected chi connectivity index (χ4v) is 5.34. The van der Waals surface area contributed by atoms with Crippen LogP contribution in [0.1, 0.15) is 35.5 Å². The summed E-state index contributed by atoms with van der Waals surface area (Å²) in [5.74, 6) is 2.36. The van der Waals surface area contributed by atoms with Crippen LogP contribution in [0, 0.1) is 6.92 Å². The first-order chi connectivity index (χ1) is 19.6. The van der Waals surface area contributed by atoms with Crippen LogP contribution in [0.5, 0.6) is 11.5 Å². The molecule has 0 unspecified atom stereocenters. The third-order valence-electron chi connectivity index (χ3n) is 7.15. The van der Waals surface area contributed by atoms with E-state index in [0.717, 1.165) is 39.8 Å². The number of aromatic nitrogens is 3. The molecule has 8 heteroatoms. The summed E-state index contributed by atoms with van der Waals surface area (Å²) in [4.78, 5) is 16.0. The van der Waals surface area contributed by atoms with E-state index in [1.54, 1.807) is 7.11 Å². The van der Waals surface area contributed by atoms with Gasteiger partial charge in [0.25, 0.3) is 0 Å². The molecule has 0 radical (unpaired) electrons. The number of anilines is 1. The first kappa shape index (κ1) is 25.3. The van der Waals surface area contributed by atoms with Gasteiger partial charge in [-0.25, -0.2) is 9.48 Å². The molecule has 0 bridgehead atoms. The van der Waals surface area contributed by atoms with Crippen molar-refractivity contribution in [1.82, 2.24) is 19.2 Å². The quantitative estimate of drug-likeness (QED) is 0.270. The fraction of sp³-hybridized carbons (Fsp3) is 0.188. The largest absolute Gasteiger partial charge is 0.497 e. The van der Waals surface area contributed by atoms with Crippen LogP contribution in [0.2, 0.25) is 0 Å². The van der Waals surface area contributed by atoms with Crippen molar-refractivity contribution in [3.8, 4) is 23.0 Å². The van der Waals surface area contributed by atoms with Gasteiger partial charge in [0.05, 0.1) is 43.4 Å². The number of hydrogen-bond donors (Lipinski definition) is 1. The predicted molar refractivity (Wildman–Crippen MR) is 155 cm³/mol. The summed E-state index contributed by atoms with van der Waals surface area (Å²) in [6.45, 7) is 4.87. The molecule has 0 saturated carbocycles. The molecule has 0 saturated heterocycles. The van der Waals surface area contributed by atoms with Gasteiger partial charge in [-0.1, -0.05) is 36.4 Å². The number of ether oxygens (including phenoxy) is 2. The van der Waals surface area contributed by atoms with Crippen molar-refractivity contribution in [2.24, 2.45) is 0 Å². The minimum absolute atomic E-state index is 0.229. The Morgan fingerprint density at radius 3 is 2.58 bits per heavy atom. The Labute approximate surface area is 233 Å². The van der Waals surface area contributed by atoms with Gasteiger partial charge in [0.1, 0.15) is 17.3 Å². The molecule has 2 aromatic heterocycles. The van der Waals surface area contributed by atoms with Crippen molar-refractivity contribution in [1.29, 1.82) is 0 Å². The Morgan fingerprint density at radius 1 is 0.975 bits per heavy atom. The van der Waals surface area contributed by atoms with Gasteiger partial charge in [-0.05, 0) is 67.9 Å². The number of hydrogen-bond acceptors (Lipinski definition) is 4. The van der Waals surface area contributed by atoms with Crippen molar-refractivity contribution in [3.05, 3.63) is 120 Å². The van der Waals surface area contributed by atoms with Crippen molar-refractivity contribution < 1.29 is 14.3 Å². The second-order valence-corrected chi connectivity index (χ2v) is 9.64.